The standard InChI is InChI=1S/C9H16O5.C5H10O5/c1-9(2)13-6-5(4-10)12-8(11-3)7(6)14-9;6-1-2-3(7)4(8)5(9)10-2/h5-8,10H,4H2,1-3H3;2-9H,1H2. The van der Waals surface area contributed by atoms with Crippen LogP contribution in [0.2, 0.25) is 0 Å². The Bertz CT molecular complexity index is 385. The first-order chi connectivity index (χ1) is 11.2. The summed E-state index contributed by atoms with van der Waals surface area (Å²) in [4.78, 5) is 0. The quantitative estimate of drug-likeness (QED) is 0.362. The van der Waals surface area contributed by atoms with Crippen LogP contribution in [0.5, 0.6) is 0 Å². The van der Waals surface area contributed by atoms with Gasteiger partial charge >= 0.3 is 0 Å². The maximum absolute atomic E-state index is 9.08. The molecule has 0 amide bonds. The van der Waals surface area contributed by atoms with Gasteiger partial charge in [0.1, 0.15) is 36.6 Å². The van der Waals surface area contributed by atoms with E-state index >= 15 is 0 Å². The molecule has 10 heteroatoms. The van der Waals surface area contributed by atoms with Gasteiger partial charge in [0.15, 0.2) is 18.4 Å². The van der Waals surface area contributed by atoms with Crippen LogP contribution < -0.4 is 0 Å². The molecule has 142 valence electrons. The van der Waals surface area contributed by atoms with Crippen LogP contribution in [0.1, 0.15) is 13.8 Å². The predicted molar refractivity (Wildman–Crippen MR) is 76.6 cm³/mol. The number of hydrogen-bond donors (Lipinski definition) is 5. The van der Waals surface area contributed by atoms with Crippen LogP contribution in [0.15, 0.2) is 0 Å². The molecule has 3 aliphatic rings. The minimum absolute atomic E-state index is 0.0829. The fraction of sp³-hybridized carbons (Fsp3) is 1.00. The molecule has 5 N–H and O–H groups in total. The smallest absolute Gasteiger partial charge is 0.186 e. The van der Waals surface area contributed by atoms with Gasteiger partial charge in [0, 0.05) is 7.11 Å². The molecular formula is C14H26O10. The Kier molecular flexibility index (Phi) is 6.53. The molecule has 0 aromatic carbocycles. The van der Waals surface area contributed by atoms with Crippen molar-refractivity contribution in [1.29, 1.82) is 0 Å². The first-order valence-corrected chi connectivity index (χ1v) is 7.69. The predicted octanol–water partition coefficient (Wildman–Crippen LogP) is -2.71. The molecule has 3 fully saturated rings. The molecule has 0 saturated carbocycles. The number of fused-ring (bicyclic) bond motifs is 1. The number of methoxy groups -OCH3 is 1. The highest BCUT2D eigenvalue weighted by Crippen LogP contribution is 2.38. The Labute approximate surface area is 139 Å². The van der Waals surface area contributed by atoms with Crippen molar-refractivity contribution < 1.29 is 49.2 Å². The Morgan fingerprint density at radius 3 is 1.88 bits per heavy atom. The van der Waals surface area contributed by atoms with Gasteiger partial charge in [-0.1, -0.05) is 0 Å². The number of aliphatic hydroxyl groups excluding tert-OH is 5. The third kappa shape index (κ3) is 4.05. The van der Waals surface area contributed by atoms with E-state index in [1.807, 2.05) is 13.8 Å². The summed E-state index contributed by atoms with van der Waals surface area (Å²) in [7, 11) is 1.55. The lowest BCUT2D eigenvalue weighted by atomic mass is 10.1. The molecule has 3 saturated heterocycles. The molecule has 0 aromatic heterocycles. The molecule has 8 unspecified atom stereocenters. The van der Waals surface area contributed by atoms with E-state index in [2.05, 4.69) is 4.74 Å². The topological polar surface area (TPSA) is 147 Å². The Morgan fingerprint density at radius 1 is 0.875 bits per heavy atom. The van der Waals surface area contributed by atoms with Crippen molar-refractivity contribution in [3.8, 4) is 0 Å². The highest BCUT2D eigenvalue weighted by atomic mass is 16.8. The average Bonchev–Trinajstić information content (AvgIpc) is 3.11. The van der Waals surface area contributed by atoms with Crippen LogP contribution in [-0.4, -0.2) is 101 Å². The van der Waals surface area contributed by atoms with Gasteiger partial charge in [-0.3, -0.25) is 0 Å². The molecule has 8 atom stereocenters. The van der Waals surface area contributed by atoms with E-state index in [0.717, 1.165) is 0 Å². The SMILES string of the molecule is COC1OC(CO)C2OC(C)(C)OC12.OCC1OC(O)C(O)C1O. The summed E-state index contributed by atoms with van der Waals surface area (Å²) in [6.07, 6.45) is -6.04. The molecule has 3 aliphatic heterocycles. The minimum Gasteiger partial charge on any atom is -0.394 e. The lowest BCUT2D eigenvalue weighted by Crippen LogP contribution is -2.33. The van der Waals surface area contributed by atoms with Crippen LogP contribution in [-0.2, 0) is 23.7 Å². The van der Waals surface area contributed by atoms with E-state index in [1.54, 1.807) is 7.11 Å². The maximum Gasteiger partial charge on any atom is 0.186 e. The van der Waals surface area contributed by atoms with E-state index in [4.69, 9.17) is 44.5 Å². The highest BCUT2D eigenvalue weighted by Gasteiger charge is 2.55. The molecule has 0 spiro atoms. The molecule has 0 aromatic rings. The first-order valence-electron chi connectivity index (χ1n) is 7.69. The van der Waals surface area contributed by atoms with Crippen molar-refractivity contribution >= 4 is 0 Å². The summed E-state index contributed by atoms with van der Waals surface area (Å²) in [6.45, 7) is 3.19. The molecule has 0 bridgehead atoms. The van der Waals surface area contributed by atoms with Gasteiger partial charge in [0.25, 0.3) is 0 Å². The molecule has 0 radical (unpaired) electrons. The Balaban J connectivity index is 0.000000185. The van der Waals surface area contributed by atoms with Gasteiger partial charge in [0.2, 0.25) is 0 Å². The molecule has 10 nitrogen and oxygen atoms in total. The number of ether oxygens (including phenoxy) is 5. The Morgan fingerprint density at radius 2 is 1.46 bits per heavy atom. The zero-order chi connectivity index (χ0) is 18.1. The normalized spacial score (nSPS) is 46.5. The van der Waals surface area contributed by atoms with Crippen LogP contribution in [0.25, 0.3) is 0 Å². The lowest BCUT2D eigenvalue weighted by molar-refractivity contribution is -0.230. The summed E-state index contributed by atoms with van der Waals surface area (Å²) in [5.41, 5.74) is 0. The second kappa shape index (κ2) is 7.87. The van der Waals surface area contributed by atoms with E-state index in [1.165, 1.54) is 0 Å². The fourth-order valence-electron chi connectivity index (χ4n) is 2.86. The molecule has 3 heterocycles. The third-order valence-corrected chi connectivity index (χ3v) is 4.04. The number of hydrogen-bond acceptors (Lipinski definition) is 10. The van der Waals surface area contributed by atoms with E-state index in [0.29, 0.717) is 0 Å². The number of aliphatic hydroxyl groups is 5. The van der Waals surface area contributed by atoms with Crippen LogP contribution in [0.3, 0.4) is 0 Å². The summed E-state index contributed by atoms with van der Waals surface area (Å²) in [6, 6.07) is 0. The van der Waals surface area contributed by atoms with E-state index in [-0.39, 0.29) is 24.9 Å². The van der Waals surface area contributed by atoms with Gasteiger partial charge in [-0.05, 0) is 13.8 Å². The summed E-state index contributed by atoms with van der Waals surface area (Å²) >= 11 is 0. The van der Waals surface area contributed by atoms with Gasteiger partial charge in [-0.25, -0.2) is 0 Å². The Hall–Kier alpha value is -0.400. The average molecular weight is 354 g/mol. The summed E-state index contributed by atoms with van der Waals surface area (Å²) in [5, 5.41) is 44.0. The van der Waals surface area contributed by atoms with Crippen molar-refractivity contribution in [3.05, 3.63) is 0 Å². The van der Waals surface area contributed by atoms with Crippen LogP contribution in [0.4, 0.5) is 0 Å². The van der Waals surface area contributed by atoms with Crippen molar-refractivity contribution in [1.82, 2.24) is 0 Å². The first kappa shape index (κ1) is 19.9. The molecular weight excluding hydrogens is 328 g/mol. The van der Waals surface area contributed by atoms with Gasteiger partial charge in [-0.2, -0.15) is 0 Å². The zero-order valence-corrected chi connectivity index (χ0v) is 13.8. The van der Waals surface area contributed by atoms with Crippen molar-refractivity contribution in [2.45, 2.75) is 68.8 Å². The van der Waals surface area contributed by atoms with E-state index in [9.17, 15) is 0 Å². The van der Waals surface area contributed by atoms with Gasteiger partial charge < -0.3 is 49.2 Å². The third-order valence-electron chi connectivity index (χ3n) is 4.04. The minimum atomic E-state index is -1.38. The summed E-state index contributed by atoms with van der Waals surface area (Å²) in [5.74, 6) is -0.622. The second-order valence-corrected chi connectivity index (χ2v) is 6.25. The highest BCUT2D eigenvalue weighted by molar-refractivity contribution is 4.94. The monoisotopic (exact) mass is 354 g/mol. The van der Waals surface area contributed by atoms with Crippen molar-refractivity contribution in [3.63, 3.8) is 0 Å². The summed E-state index contributed by atoms with van der Waals surface area (Å²) < 4.78 is 26.3. The van der Waals surface area contributed by atoms with Crippen molar-refractivity contribution in [2.75, 3.05) is 20.3 Å². The lowest BCUT2D eigenvalue weighted by Gasteiger charge is -2.22. The second-order valence-electron chi connectivity index (χ2n) is 6.25. The van der Waals surface area contributed by atoms with Crippen LogP contribution >= 0.6 is 0 Å². The zero-order valence-electron chi connectivity index (χ0n) is 13.8. The maximum atomic E-state index is 9.08. The van der Waals surface area contributed by atoms with E-state index < -0.39 is 43.3 Å². The fourth-order valence-corrected chi connectivity index (χ4v) is 2.86. The van der Waals surface area contributed by atoms with Gasteiger partial charge in [-0.15, -0.1) is 0 Å². The molecule has 24 heavy (non-hydrogen) atoms. The number of rotatable bonds is 3. The van der Waals surface area contributed by atoms with Crippen molar-refractivity contribution in [2.24, 2.45) is 0 Å². The molecule has 0 aliphatic carbocycles. The van der Waals surface area contributed by atoms with Gasteiger partial charge in [0.05, 0.1) is 13.2 Å². The largest absolute Gasteiger partial charge is 0.394 e. The molecule has 3 rings (SSSR count). The van der Waals surface area contributed by atoms with Crippen LogP contribution in [0, 0.1) is 0 Å².